The molecule has 13 nitrogen and oxygen atoms in total. The quantitative estimate of drug-likeness (QED) is 0.131. The number of nitrogens with two attached hydrogens (primary N) is 1. The third-order valence-electron chi connectivity index (χ3n) is 5.54. The van der Waals surface area contributed by atoms with Gasteiger partial charge in [0.15, 0.2) is 11.5 Å². The van der Waals surface area contributed by atoms with Crippen LogP contribution in [0.15, 0.2) is 43.0 Å². The fourth-order valence-electron chi connectivity index (χ4n) is 3.77. The van der Waals surface area contributed by atoms with E-state index in [1.54, 1.807) is 18.2 Å². The van der Waals surface area contributed by atoms with Gasteiger partial charge in [-0.15, -0.1) is 0 Å². The van der Waals surface area contributed by atoms with E-state index in [1.807, 2.05) is 12.0 Å². The monoisotopic (exact) mass is 561 g/mol. The van der Waals surface area contributed by atoms with E-state index in [4.69, 9.17) is 15.6 Å². The first-order valence-electron chi connectivity index (χ1n) is 11.8. The molecule has 0 radical (unpaired) electrons. The number of fused-ring (bicyclic) bond motifs is 1. The molecule has 0 spiro atoms. The SMILES string of the molecule is CCc1cc(Nc2nccn3c(-c4cn[nH]c4C(F)(F)F)cnc23)ccc1C(=O)NCCNC(=O)CN.O=CO. The Hall–Kier alpha value is -4.99. The maximum absolute atomic E-state index is 13.4. The van der Waals surface area contributed by atoms with Crippen molar-refractivity contribution in [1.29, 1.82) is 0 Å². The topological polar surface area (TPSA) is 192 Å². The van der Waals surface area contributed by atoms with Gasteiger partial charge >= 0.3 is 6.18 Å². The number of H-pyrrole nitrogens is 1. The summed E-state index contributed by atoms with van der Waals surface area (Å²) in [6.07, 6.45) is 1.34. The molecule has 212 valence electrons. The van der Waals surface area contributed by atoms with Gasteiger partial charge in [0.1, 0.15) is 5.69 Å². The normalized spacial score (nSPS) is 10.9. The highest BCUT2D eigenvalue weighted by molar-refractivity contribution is 5.96. The summed E-state index contributed by atoms with van der Waals surface area (Å²) in [4.78, 5) is 40.7. The number of alkyl halides is 3. The van der Waals surface area contributed by atoms with Gasteiger partial charge in [0.25, 0.3) is 12.4 Å². The molecule has 0 aliphatic rings. The molecule has 7 N–H and O–H groups in total. The zero-order valence-corrected chi connectivity index (χ0v) is 21.1. The lowest BCUT2D eigenvalue weighted by atomic mass is 10.0. The number of aromatic amines is 1. The highest BCUT2D eigenvalue weighted by Crippen LogP contribution is 2.36. The third kappa shape index (κ3) is 6.90. The molecule has 0 saturated carbocycles. The zero-order chi connectivity index (χ0) is 29.3. The molecule has 0 aliphatic carbocycles. The minimum Gasteiger partial charge on any atom is -0.483 e. The molecule has 0 bridgehead atoms. The lowest BCUT2D eigenvalue weighted by Crippen LogP contribution is -2.37. The molecule has 4 rings (SSSR count). The van der Waals surface area contributed by atoms with Gasteiger partial charge in [-0.25, -0.2) is 9.97 Å². The second kappa shape index (κ2) is 13.2. The van der Waals surface area contributed by atoms with Crippen LogP contribution in [0.5, 0.6) is 0 Å². The van der Waals surface area contributed by atoms with Gasteiger partial charge in [0, 0.05) is 36.7 Å². The van der Waals surface area contributed by atoms with E-state index in [0.717, 1.165) is 11.8 Å². The van der Waals surface area contributed by atoms with Crippen LogP contribution in [0.1, 0.15) is 28.5 Å². The van der Waals surface area contributed by atoms with Crippen molar-refractivity contribution < 1.29 is 32.7 Å². The van der Waals surface area contributed by atoms with E-state index in [0.29, 0.717) is 29.1 Å². The van der Waals surface area contributed by atoms with Crippen molar-refractivity contribution in [1.82, 2.24) is 35.2 Å². The average molecular weight is 562 g/mol. The molecule has 40 heavy (non-hydrogen) atoms. The van der Waals surface area contributed by atoms with Gasteiger partial charge in [-0.3, -0.25) is 23.9 Å². The summed E-state index contributed by atoms with van der Waals surface area (Å²) < 4.78 is 41.6. The van der Waals surface area contributed by atoms with Crippen molar-refractivity contribution in [3.05, 3.63) is 59.8 Å². The molecule has 3 aromatic heterocycles. The fourth-order valence-corrected chi connectivity index (χ4v) is 3.77. The number of anilines is 2. The van der Waals surface area contributed by atoms with Crippen LogP contribution in [0, 0.1) is 0 Å². The Labute approximate surface area is 225 Å². The highest BCUT2D eigenvalue weighted by atomic mass is 19.4. The fraction of sp³-hybridized carbons (Fsp3) is 0.250. The smallest absolute Gasteiger partial charge is 0.433 e. The van der Waals surface area contributed by atoms with Crippen LogP contribution < -0.4 is 21.7 Å². The Balaban J connectivity index is 0.00000141. The first-order chi connectivity index (χ1) is 19.1. The molecule has 4 aromatic rings. The van der Waals surface area contributed by atoms with Crippen LogP contribution in [0.2, 0.25) is 0 Å². The number of hydrogen-bond donors (Lipinski definition) is 6. The number of imidazole rings is 1. The van der Waals surface area contributed by atoms with E-state index in [2.05, 4.69) is 31.0 Å². The molecule has 3 heterocycles. The molecule has 0 unspecified atom stereocenters. The lowest BCUT2D eigenvalue weighted by Gasteiger charge is -2.13. The maximum Gasteiger partial charge on any atom is 0.433 e. The van der Waals surface area contributed by atoms with Crippen LogP contribution in [0.3, 0.4) is 0 Å². The Kier molecular flexibility index (Phi) is 9.75. The van der Waals surface area contributed by atoms with Gasteiger partial charge in [0.2, 0.25) is 5.91 Å². The Morgan fingerprint density at radius 3 is 2.58 bits per heavy atom. The summed E-state index contributed by atoms with van der Waals surface area (Å²) >= 11 is 0. The zero-order valence-electron chi connectivity index (χ0n) is 21.1. The number of carbonyl (C=O) groups excluding carboxylic acids is 2. The Morgan fingerprint density at radius 2 is 1.90 bits per heavy atom. The molecule has 1 aromatic carbocycles. The van der Waals surface area contributed by atoms with E-state index in [-0.39, 0.29) is 49.2 Å². The standard InChI is InChI=1S/C23H24F3N9O2.CH2O2/c1-2-13-9-14(3-4-15(13)22(37)30-6-5-28-18(36)10-27)33-20-21-31-12-17(35(21)8-7-29-20)16-11-32-34-19(16)23(24,25)26;2-1-3/h3-4,7-9,11-12H,2,5-6,10,27H2,1H3,(H,28,36)(H,29,33)(H,30,37)(H,32,34);1H,(H,2,3). The van der Waals surface area contributed by atoms with Crippen LogP contribution in [0.4, 0.5) is 24.7 Å². The molecular formula is C24H26F3N9O4. The number of carbonyl (C=O) groups is 3. The minimum atomic E-state index is -4.60. The molecule has 0 fully saturated rings. The molecule has 0 aliphatic heterocycles. The predicted molar refractivity (Wildman–Crippen MR) is 138 cm³/mol. The van der Waals surface area contributed by atoms with Gasteiger partial charge in [-0.1, -0.05) is 6.92 Å². The summed E-state index contributed by atoms with van der Waals surface area (Å²) in [5.41, 5.74) is 6.49. The van der Waals surface area contributed by atoms with Crippen molar-refractivity contribution >= 4 is 35.4 Å². The first-order valence-corrected chi connectivity index (χ1v) is 11.8. The number of benzene rings is 1. The van der Waals surface area contributed by atoms with E-state index in [1.165, 1.54) is 23.0 Å². The third-order valence-corrected chi connectivity index (χ3v) is 5.54. The number of aryl methyl sites for hydroxylation is 1. The van der Waals surface area contributed by atoms with Crippen molar-refractivity contribution in [3.63, 3.8) is 0 Å². The maximum atomic E-state index is 13.4. The molecule has 16 heteroatoms. The van der Waals surface area contributed by atoms with Gasteiger partial charge in [-0.05, 0) is 30.2 Å². The highest BCUT2D eigenvalue weighted by Gasteiger charge is 2.36. The van der Waals surface area contributed by atoms with E-state index >= 15 is 0 Å². The van der Waals surface area contributed by atoms with Crippen molar-refractivity contribution in [2.24, 2.45) is 5.73 Å². The predicted octanol–water partition coefficient (Wildman–Crippen LogP) is 1.95. The van der Waals surface area contributed by atoms with Crippen molar-refractivity contribution in [3.8, 4) is 11.3 Å². The molecular weight excluding hydrogens is 535 g/mol. The number of nitrogens with zero attached hydrogens (tertiary/aromatic N) is 4. The second-order valence-corrected chi connectivity index (χ2v) is 8.04. The number of carboxylic acid groups (broad SMARTS) is 1. The summed E-state index contributed by atoms with van der Waals surface area (Å²) in [5.74, 6) is -0.275. The van der Waals surface area contributed by atoms with E-state index < -0.39 is 11.9 Å². The van der Waals surface area contributed by atoms with Crippen LogP contribution >= 0.6 is 0 Å². The minimum absolute atomic E-state index is 0.122. The Bertz CT molecular complexity index is 1480. The number of aromatic nitrogens is 5. The van der Waals surface area contributed by atoms with Crippen molar-refractivity contribution in [2.45, 2.75) is 19.5 Å². The lowest BCUT2D eigenvalue weighted by molar-refractivity contribution is -0.140. The van der Waals surface area contributed by atoms with Crippen LogP contribution in [-0.2, 0) is 22.2 Å². The largest absolute Gasteiger partial charge is 0.483 e. The first kappa shape index (κ1) is 29.6. The second-order valence-electron chi connectivity index (χ2n) is 8.04. The summed E-state index contributed by atoms with van der Waals surface area (Å²) in [7, 11) is 0. The number of halogens is 3. The number of nitrogens with one attached hydrogen (secondary N) is 4. The summed E-state index contributed by atoms with van der Waals surface area (Å²) in [5, 5.41) is 20.9. The number of rotatable bonds is 9. The summed E-state index contributed by atoms with van der Waals surface area (Å²) in [6.45, 7) is 2.03. The van der Waals surface area contributed by atoms with E-state index in [9.17, 15) is 22.8 Å². The molecule has 0 saturated heterocycles. The van der Waals surface area contributed by atoms with Crippen LogP contribution in [0.25, 0.3) is 16.9 Å². The van der Waals surface area contributed by atoms with Gasteiger partial charge in [0.05, 0.1) is 30.2 Å². The molecule has 0 atom stereocenters. The van der Waals surface area contributed by atoms with Gasteiger partial charge in [-0.2, -0.15) is 18.3 Å². The van der Waals surface area contributed by atoms with Crippen LogP contribution in [-0.4, -0.2) is 67.6 Å². The van der Waals surface area contributed by atoms with Gasteiger partial charge < -0.3 is 26.8 Å². The average Bonchev–Trinajstić information content (AvgIpc) is 3.59. The number of hydrogen-bond acceptors (Lipinski definition) is 8. The molecule has 2 amide bonds. The van der Waals surface area contributed by atoms with Crippen molar-refractivity contribution in [2.75, 3.05) is 25.0 Å². The Morgan fingerprint density at radius 1 is 1.18 bits per heavy atom. The number of amides is 2. The summed E-state index contributed by atoms with van der Waals surface area (Å²) in [6, 6.07) is 5.14.